The summed E-state index contributed by atoms with van der Waals surface area (Å²) in [4.78, 5) is 14.5. The van der Waals surface area contributed by atoms with E-state index in [1.54, 1.807) is 0 Å². The van der Waals surface area contributed by atoms with E-state index in [1.807, 2.05) is 35.7 Å². The van der Waals surface area contributed by atoms with Crippen LogP contribution in [0.15, 0.2) is 48.5 Å². The minimum atomic E-state index is -0.0159. The molecule has 0 unspecified atom stereocenters. The summed E-state index contributed by atoms with van der Waals surface area (Å²) in [5.41, 5.74) is 4.43. The Morgan fingerprint density at radius 3 is 2.23 bits per heavy atom. The van der Waals surface area contributed by atoms with E-state index in [9.17, 15) is 4.79 Å². The fraction of sp³-hybridized carbons (Fsp3) is 0.381. The molecular formula is C21H26N2OS2. The van der Waals surface area contributed by atoms with E-state index in [0.717, 1.165) is 17.7 Å². The molecule has 1 saturated heterocycles. The van der Waals surface area contributed by atoms with Crippen molar-refractivity contribution in [1.29, 1.82) is 0 Å². The number of rotatable bonds is 6. The molecule has 0 bridgehead atoms. The average Bonchev–Trinajstić information content (AvgIpc) is 2.67. The summed E-state index contributed by atoms with van der Waals surface area (Å²) in [6.07, 6.45) is 1.29. The van der Waals surface area contributed by atoms with E-state index in [0.29, 0.717) is 11.1 Å². The van der Waals surface area contributed by atoms with E-state index in [-0.39, 0.29) is 5.91 Å². The second-order valence-electron chi connectivity index (χ2n) is 6.79. The van der Waals surface area contributed by atoms with Gasteiger partial charge in [0.2, 0.25) is 0 Å². The first-order valence-electron chi connectivity index (χ1n) is 8.96. The van der Waals surface area contributed by atoms with Crippen LogP contribution >= 0.6 is 23.5 Å². The van der Waals surface area contributed by atoms with Crippen LogP contribution in [0.2, 0.25) is 0 Å². The van der Waals surface area contributed by atoms with Crippen LogP contribution < -0.4 is 5.32 Å². The largest absolute Gasteiger partial charge is 0.348 e. The maximum Gasteiger partial charge on any atom is 0.251 e. The van der Waals surface area contributed by atoms with Gasteiger partial charge < -0.3 is 10.2 Å². The highest BCUT2D eigenvalue weighted by molar-refractivity contribution is 8.16. The van der Waals surface area contributed by atoms with Crippen LogP contribution in [0.1, 0.15) is 38.1 Å². The fourth-order valence-electron chi connectivity index (χ4n) is 2.88. The molecule has 5 heteroatoms. The Morgan fingerprint density at radius 1 is 1.00 bits per heavy atom. The van der Waals surface area contributed by atoms with Crippen LogP contribution in [0.3, 0.4) is 0 Å². The highest BCUT2D eigenvalue weighted by atomic mass is 32.2. The van der Waals surface area contributed by atoms with Gasteiger partial charge in [0.15, 0.2) is 0 Å². The van der Waals surface area contributed by atoms with Gasteiger partial charge in [0, 0.05) is 18.7 Å². The zero-order valence-corrected chi connectivity index (χ0v) is 17.0. The second-order valence-corrected chi connectivity index (χ2v) is 9.51. The van der Waals surface area contributed by atoms with Crippen LogP contribution in [0.5, 0.6) is 0 Å². The summed E-state index contributed by atoms with van der Waals surface area (Å²) in [5.74, 6) is 2.44. The van der Waals surface area contributed by atoms with Crippen LogP contribution in [0.4, 0.5) is 0 Å². The Balaban J connectivity index is 1.53. The normalized spacial score (nSPS) is 15.2. The molecule has 0 radical (unpaired) electrons. The van der Waals surface area contributed by atoms with E-state index in [2.05, 4.69) is 60.7 Å². The molecule has 138 valence electrons. The third-order valence-corrected chi connectivity index (χ3v) is 7.26. The number of hydrogen-bond acceptors (Lipinski definition) is 4. The molecule has 2 aromatic carbocycles. The summed E-state index contributed by atoms with van der Waals surface area (Å²) in [6, 6.07) is 16.5. The van der Waals surface area contributed by atoms with Crippen LogP contribution in [0.25, 0.3) is 0 Å². The first-order valence-corrected chi connectivity index (χ1v) is 11.1. The van der Waals surface area contributed by atoms with Crippen molar-refractivity contribution in [2.45, 2.75) is 24.1 Å². The lowest BCUT2D eigenvalue weighted by Crippen LogP contribution is -2.22. The van der Waals surface area contributed by atoms with Crippen LogP contribution in [-0.2, 0) is 13.1 Å². The maximum atomic E-state index is 12.4. The highest BCUT2D eigenvalue weighted by Crippen LogP contribution is 2.43. The molecule has 3 nitrogen and oxygen atoms in total. The topological polar surface area (TPSA) is 32.3 Å². The lowest BCUT2D eigenvalue weighted by Gasteiger charge is -2.21. The fourth-order valence-corrected chi connectivity index (χ4v) is 5.78. The van der Waals surface area contributed by atoms with Gasteiger partial charge in [-0.2, -0.15) is 0 Å². The second kappa shape index (κ2) is 9.49. The van der Waals surface area contributed by atoms with E-state index in [1.165, 1.54) is 29.1 Å². The SMILES string of the molecule is CN(C)Cc1ccc(CNC(=O)c2ccc(C3SCCCS3)cc2)cc1. The minimum absolute atomic E-state index is 0.0159. The molecule has 0 aliphatic carbocycles. The molecule has 1 aliphatic heterocycles. The summed E-state index contributed by atoms with van der Waals surface area (Å²) in [6.45, 7) is 1.48. The van der Waals surface area contributed by atoms with Crippen molar-refractivity contribution < 1.29 is 4.79 Å². The Bertz CT molecular complexity index is 708. The van der Waals surface area contributed by atoms with Crippen LogP contribution in [-0.4, -0.2) is 36.4 Å². The van der Waals surface area contributed by atoms with E-state index in [4.69, 9.17) is 0 Å². The number of benzene rings is 2. The van der Waals surface area contributed by atoms with Gasteiger partial charge in [-0.05, 0) is 60.8 Å². The maximum absolute atomic E-state index is 12.4. The minimum Gasteiger partial charge on any atom is -0.348 e. The Hall–Kier alpha value is -1.43. The number of nitrogens with one attached hydrogen (secondary N) is 1. The van der Waals surface area contributed by atoms with Crippen LogP contribution in [0, 0.1) is 0 Å². The van der Waals surface area contributed by atoms with Crippen molar-refractivity contribution in [3.8, 4) is 0 Å². The van der Waals surface area contributed by atoms with Crippen molar-refractivity contribution in [2.75, 3.05) is 25.6 Å². The molecule has 0 atom stereocenters. The average molecular weight is 387 g/mol. The van der Waals surface area contributed by atoms with Gasteiger partial charge in [-0.15, -0.1) is 23.5 Å². The van der Waals surface area contributed by atoms with Gasteiger partial charge in [0.1, 0.15) is 0 Å². The van der Waals surface area contributed by atoms with Gasteiger partial charge >= 0.3 is 0 Å². The summed E-state index contributed by atoms with van der Waals surface area (Å²) >= 11 is 4.00. The molecule has 1 fully saturated rings. The van der Waals surface area contributed by atoms with Gasteiger partial charge in [0.25, 0.3) is 5.91 Å². The van der Waals surface area contributed by atoms with Gasteiger partial charge in [-0.1, -0.05) is 36.4 Å². The quantitative estimate of drug-likeness (QED) is 0.790. The van der Waals surface area contributed by atoms with Crippen molar-refractivity contribution in [2.24, 2.45) is 0 Å². The van der Waals surface area contributed by atoms with Crippen molar-refractivity contribution >= 4 is 29.4 Å². The number of hydrogen-bond donors (Lipinski definition) is 1. The summed E-state index contributed by atoms with van der Waals surface area (Å²) < 4.78 is 0.515. The smallest absolute Gasteiger partial charge is 0.251 e. The highest BCUT2D eigenvalue weighted by Gasteiger charge is 2.16. The predicted molar refractivity (Wildman–Crippen MR) is 114 cm³/mol. The number of amides is 1. The predicted octanol–water partition coefficient (Wildman–Crippen LogP) is 4.55. The molecule has 3 rings (SSSR count). The standard InChI is InChI=1S/C21H26N2OS2/c1-23(2)15-17-6-4-16(5-7-17)14-22-20(24)18-8-10-19(11-9-18)21-25-12-3-13-26-21/h4-11,21H,3,12-15H2,1-2H3,(H,22,24). The Morgan fingerprint density at radius 2 is 1.62 bits per heavy atom. The van der Waals surface area contributed by atoms with Gasteiger partial charge in [-0.3, -0.25) is 4.79 Å². The molecule has 1 amide bonds. The zero-order chi connectivity index (χ0) is 18.4. The number of carbonyl (C=O) groups is 1. The number of thioether (sulfide) groups is 2. The lowest BCUT2D eigenvalue weighted by molar-refractivity contribution is 0.0951. The van der Waals surface area contributed by atoms with Gasteiger partial charge in [0.05, 0.1) is 4.58 Å². The monoisotopic (exact) mass is 386 g/mol. The molecule has 2 aromatic rings. The third kappa shape index (κ3) is 5.53. The Labute approximate surface area is 164 Å². The van der Waals surface area contributed by atoms with Crippen molar-refractivity contribution in [3.63, 3.8) is 0 Å². The van der Waals surface area contributed by atoms with E-state index < -0.39 is 0 Å². The first-order chi connectivity index (χ1) is 12.6. The Kier molecular flexibility index (Phi) is 7.06. The third-order valence-electron chi connectivity index (χ3n) is 4.25. The number of nitrogens with zero attached hydrogens (tertiary/aromatic N) is 1. The zero-order valence-electron chi connectivity index (χ0n) is 15.4. The molecule has 0 spiro atoms. The first kappa shape index (κ1) is 19.3. The molecule has 1 N–H and O–H groups in total. The van der Waals surface area contributed by atoms with E-state index >= 15 is 0 Å². The lowest BCUT2D eigenvalue weighted by atomic mass is 10.1. The molecular weight excluding hydrogens is 360 g/mol. The van der Waals surface area contributed by atoms with Crippen molar-refractivity contribution in [1.82, 2.24) is 10.2 Å². The number of carbonyl (C=O) groups excluding carboxylic acids is 1. The van der Waals surface area contributed by atoms with Gasteiger partial charge in [-0.25, -0.2) is 0 Å². The molecule has 1 aliphatic rings. The molecule has 0 aromatic heterocycles. The molecule has 26 heavy (non-hydrogen) atoms. The molecule has 0 saturated carbocycles. The molecule has 1 heterocycles. The summed E-state index contributed by atoms with van der Waals surface area (Å²) in [7, 11) is 4.12. The van der Waals surface area contributed by atoms with Crippen molar-refractivity contribution in [3.05, 3.63) is 70.8 Å². The summed E-state index contributed by atoms with van der Waals surface area (Å²) in [5, 5.41) is 3.01.